The molecule has 0 amide bonds. The molecular weight excluding hydrogens is 353 g/mol. The van der Waals surface area contributed by atoms with E-state index in [2.05, 4.69) is 15.0 Å². The molecular formula is C15H36N9OP. The molecule has 0 heterocycles. The average Bonchev–Trinajstić information content (AvgIpc) is 2.54. The Morgan fingerprint density at radius 3 is 0.846 bits per heavy atom. The van der Waals surface area contributed by atoms with Crippen LogP contribution in [0, 0.1) is 0 Å². The van der Waals surface area contributed by atoms with Crippen LogP contribution in [0.5, 0.6) is 0 Å². The molecule has 0 aromatic heterocycles. The van der Waals surface area contributed by atoms with Crippen LogP contribution in [0.4, 0.5) is 0 Å². The zero-order valence-electron chi connectivity index (χ0n) is 18.4. The van der Waals surface area contributed by atoms with Gasteiger partial charge in [0.1, 0.15) is 0 Å². The molecule has 0 atom stereocenters. The van der Waals surface area contributed by atoms with Gasteiger partial charge in [0, 0.05) is 84.6 Å². The Morgan fingerprint density at radius 2 is 0.731 bits per heavy atom. The van der Waals surface area contributed by atoms with Gasteiger partial charge in [-0.1, -0.05) is 0 Å². The van der Waals surface area contributed by atoms with Crippen molar-refractivity contribution in [2.24, 2.45) is 15.0 Å². The van der Waals surface area contributed by atoms with E-state index in [-0.39, 0.29) is 0 Å². The SMILES string of the molecule is CN=C(N(C)C)N(C)P(=O)(N(C)C(=NC)N(C)C)N(C)C(=NC)N(C)C. The number of hydrogen-bond acceptors (Lipinski definition) is 4. The van der Waals surface area contributed by atoms with Gasteiger partial charge in [0.15, 0.2) is 0 Å². The summed E-state index contributed by atoms with van der Waals surface area (Å²) in [5.74, 6) is 1.74. The first-order valence-electron chi connectivity index (χ1n) is 8.16. The van der Waals surface area contributed by atoms with Crippen molar-refractivity contribution in [2.75, 3.05) is 84.6 Å². The smallest absolute Gasteiger partial charge is 0.349 e. The summed E-state index contributed by atoms with van der Waals surface area (Å²) in [5.41, 5.74) is 0. The van der Waals surface area contributed by atoms with Crippen LogP contribution in [0.25, 0.3) is 0 Å². The second-order valence-corrected chi connectivity index (χ2v) is 9.16. The fourth-order valence-corrected chi connectivity index (χ4v) is 5.57. The van der Waals surface area contributed by atoms with Gasteiger partial charge in [-0.2, -0.15) is 0 Å². The molecule has 10 nitrogen and oxygen atoms in total. The highest BCUT2D eigenvalue weighted by Crippen LogP contribution is 2.55. The first-order chi connectivity index (χ1) is 11.9. The lowest BCUT2D eigenvalue weighted by molar-refractivity contribution is 0.401. The highest BCUT2D eigenvalue weighted by atomic mass is 31.2. The van der Waals surface area contributed by atoms with Crippen LogP contribution in [0.2, 0.25) is 0 Å². The summed E-state index contributed by atoms with van der Waals surface area (Å²) in [6, 6.07) is 0. The Balaban J connectivity index is 6.58. The predicted molar refractivity (Wildman–Crippen MR) is 112 cm³/mol. The van der Waals surface area contributed by atoms with Crippen molar-refractivity contribution in [3.8, 4) is 0 Å². The van der Waals surface area contributed by atoms with E-state index in [0.29, 0.717) is 17.9 Å². The summed E-state index contributed by atoms with van der Waals surface area (Å²) in [4.78, 5) is 18.4. The molecule has 0 saturated heterocycles. The normalized spacial score (nSPS) is 15.3. The monoisotopic (exact) mass is 389 g/mol. The van der Waals surface area contributed by atoms with E-state index in [1.165, 1.54) is 0 Å². The summed E-state index contributed by atoms with van der Waals surface area (Å²) < 4.78 is 19.5. The van der Waals surface area contributed by atoms with Gasteiger partial charge in [-0.3, -0.25) is 29.0 Å². The van der Waals surface area contributed by atoms with E-state index in [1.54, 1.807) is 56.3 Å². The maximum absolute atomic E-state index is 14.5. The Morgan fingerprint density at radius 1 is 0.538 bits per heavy atom. The predicted octanol–water partition coefficient (Wildman–Crippen LogP) is 0.532. The Bertz CT molecular complexity index is 517. The second kappa shape index (κ2) is 9.66. The molecule has 0 saturated carbocycles. The van der Waals surface area contributed by atoms with Gasteiger partial charge < -0.3 is 14.7 Å². The lowest BCUT2D eigenvalue weighted by atomic mass is 10.8. The third kappa shape index (κ3) is 4.60. The Kier molecular flexibility index (Phi) is 8.93. The number of nitrogens with zero attached hydrogens (tertiary/aromatic N) is 9. The Labute approximate surface area is 159 Å². The highest BCUT2D eigenvalue weighted by molar-refractivity contribution is 7.58. The van der Waals surface area contributed by atoms with Gasteiger partial charge in [-0.25, -0.2) is 4.57 Å². The third-order valence-corrected chi connectivity index (χ3v) is 6.72. The highest BCUT2D eigenvalue weighted by Gasteiger charge is 2.44. The van der Waals surface area contributed by atoms with Crippen molar-refractivity contribution in [3.63, 3.8) is 0 Å². The fraction of sp³-hybridized carbons (Fsp3) is 0.800. The molecule has 0 aromatic rings. The van der Waals surface area contributed by atoms with Crippen molar-refractivity contribution in [1.82, 2.24) is 28.7 Å². The van der Waals surface area contributed by atoms with Crippen molar-refractivity contribution >= 4 is 25.5 Å². The fourth-order valence-electron chi connectivity index (χ4n) is 2.86. The Hall–Kier alpha value is -1.96. The second-order valence-electron chi connectivity index (χ2n) is 6.34. The van der Waals surface area contributed by atoms with Crippen LogP contribution in [-0.2, 0) is 4.57 Å². The minimum absolute atomic E-state index is 0.579. The van der Waals surface area contributed by atoms with E-state index in [0.717, 1.165) is 0 Å². The first-order valence-corrected chi connectivity index (χ1v) is 9.73. The van der Waals surface area contributed by atoms with Crippen molar-refractivity contribution in [2.45, 2.75) is 0 Å². The quantitative estimate of drug-likeness (QED) is 0.396. The molecule has 11 heteroatoms. The average molecular weight is 389 g/mol. The van der Waals surface area contributed by atoms with Gasteiger partial charge >= 0.3 is 7.59 Å². The summed E-state index contributed by atoms with van der Waals surface area (Å²) in [7, 11) is 18.1. The molecule has 0 unspecified atom stereocenters. The maximum atomic E-state index is 14.5. The van der Waals surface area contributed by atoms with Crippen LogP contribution < -0.4 is 0 Å². The summed E-state index contributed by atoms with van der Waals surface area (Å²) in [6.45, 7) is 0. The molecule has 0 spiro atoms. The van der Waals surface area contributed by atoms with Crippen LogP contribution in [0.3, 0.4) is 0 Å². The van der Waals surface area contributed by atoms with Crippen molar-refractivity contribution in [3.05, 3.63) is 0 Å². The molecule has 0 N–H and O–H groups in total. The lowest BCUT2D eigenvalue weighted by Crippen LogP contribution is -2.50. The van der Waals surface area contributed by atoms with Crippen LogP contribution in [0.1, 0.15) is 0 Å². The van der Waals surface area contributed by atoms with E-state index in [4.69, 9.17) is 0 Å². The maximum Gasteiger partial charge on any atom is 0.366 e. The molecule has 0 aliphatic heterocycles. The van der Waals surface area contributed by atoms with Gasteiger partial charge in [0.25, 0.3) is 0 Å². The molecule has 0 rings (SSSR count). The van der Waals surface area contributed by atoms with Crippen LogP contribution >= 0.6 is 7.59 Å². The first kappa shape index (κ1) is 24.0. The number of aliphatic imine (C=N–C) groups is 3. The van der Waals surface area contributed by atoms with Crippen LogP contribution in [-0.4, -0.2) is 131 Å². The zero-order chi connectivity index (χ0) is 20.8. The minimum atomic E-state index is -3.39. The number of hydrogen-bond donors (Lipinski definition) is 0. The van der Waals surface area contributed by atoms with E-state index in [9.17, 15) is 4.57 Å². The van der Waals surface area contributed by atoms with Gasteiger partial charge in [-0.15, -0.1) is 0 Å². The van der Waals surface area contributed by atoms with Crippen LogP contribution in [0.15, 0.2) is 15.0 Å². The third-order valence-electron chi connectivity index (χ3n) is 3.84. The van der Waals surface area contributed by atoms with Gasteiger partial charge in [-0.05, 0) is 0 Å². The van der Waals surface area contributed by atoms with Gasteiger partial charge in [0.05, 0.1) is 0 Å². The van der Waals surface area contributed by atoms with E-state index < -0.39 is 7.59 Å². The number of rotatable bonds is 3. The minimum Gasteiger partial charge on any atom is -0.349 e. The molecule has 0 radical (unpaired) electrons. The summed E-state index contributed by atoms with van der Waals surface area (Å²) in [6.07, 6.45) is 0. The van der Waals surface area contributed by atoms with E-state index in [1.807, 2.05) is 57.0 Å². The molecule has 152 valence electrons. The van der Waals surface area contributed by atoms with E-state index >= 15 is 0 Å². The zero-order valence-corrected chi connectivity index (χ0v) is 19.3. The molecule has 0 aromatic carbocycles. The van der Waals surface area contributed by atoms with Gasteiger partial charge in [0.2, 0.25) is 17.9 Å². The molecule has 0 aliphatic rings. The molecule has 26 heavy (non-hydrogen) atoms. The molecule has 0 fully saturated rings. The summed E-state index contributed by atoms with van der Waals surface area (Å²) in [5, 5.41) is 0. The molecule has 0 aliphatic carbocycles. The largest absolute Gasteiger partial charge is 0.366 e. The number of guanidine groups is 3. The van der Waals surface area contributed by atoms with Crippen molar-refractivity contribution in [1.29, 1.82) is 0 Å². The lowest BCUT2D eigenvalue weighted by Gasteiger charge is -2.45. The summed E-state index contributed by atoms with van der Waals surface area (Å²) >= 11 is 0. The van der Waals surface area contributed by atoms with Crippen molar-refractivity contribution < 1.29 is 4.57 Å². The standard InChI is InChI=1S/C15H36N9OP/c1-16-13(19(4)5)22(10)26(25,23(11)14(17-2)20(6)7)24(12)15(18-3)21(8)9/h1-12H3. The molecule has 0 bridgehead atoms. The topological polar surface area (TPSA) is 73.6 Å².